The van der Waals surface area contributed by atoms with Crippen molar-refractivity contribution in [1.82, 2.24) is 0 Å². The molecule has 15 heavy (non-hydrogen) atoms. The van der Waals surface area contributed by atoms with Gasteiger partial charge in [-0.2, -0.15) is 0 Å². The lowest BCUT2D eigenvalue weighted by Crippen LogP contribution is -2.27. The number of nitrogens with two attached hydrogens (primary N) is 1. The molecule has 1 amide bonds. The SMILES string of the molecule is NS(=O)(=O)c1cc2c(s1)[S+]([O-])CC(=O)N2. The predicted octanol–water partition coefficient (Wildman–Crippen LogP) is -0.545. The Kier molecular flexibility index (Phi) is 2.51. The molecule has 2 rings (SSSR count). The Balaban J connectivity index is 2.53. The zero-order chi connectivity index (χ0) is 11.2. The highest BCUT2D eigenvalue weighted by molar-refractivity contribution is 7.95. The minimum Gasteiger partial charge on any atom is -0.610 e. The van der Waals surface area contributed by atoms with Crippen molar-refractivity contribution in [2.24, 2.45) is 5.14 Å². The summed E-state index contributed by atoms with van der Waals surface area (Å²) in [6.45, 7) is 0. The number of anilines is 1. The monoisotopic (exact) mass is 266 g/mol. The molecule has 0 fully saturated rings. The van der Waals surface area contributed by atoms with Crippen LogP contribution in [0.3, 0.4) is 0 Å². The van der Waals surface area contributed by atoms with Crippen molar-refractivity contribution >= 4 is 44.1 Å². The molecule has 0 radical (unpaired) electrons. The molecular weight excluding hydrogens is 260 g/mol. The molecule has 3 N–H and O–H groups in total. The normalized spacial score (nSPS) is 20.9. The van der Waals surface area contributed by atoms with Crippen molar-refractivity contribution in [2.75, 3.05) is 11.1 Å². The van der Waals surface area contributed by atoms with Gasteiger partial charge in [-0.25, -0.2) is 13.6 Å². The summed E-state index contributed by atoms with van der Waals surface area (Å²) >= 11 is -0.648. The smallest absolute Gasteiger partial charge is 0.274 e. The van der Waals surface area contributed by atoms with Crippen molar-refractivity contribution in [3.05, 3.63) is 6.07 Å². The van der Waals surface area contributed by atoms with Crippen LogP contribution in [-0.4, -0.2) is 24.6 Å². The first-order valence-corrected chi connectivity index (χ1v) is 7.41. The van der Waals surface area contributed by atoms with E-state index in [1.165, 1.54) is 6.07 Å². The molecule has 0 saturated heterocycles. The van der Waals surface area contributed by atoms with Gasteiger partial charge in [-0.1, -0.05) is 11.3 Å². The fraction of sp³-hybridized carbons (Fsp3) is 0.167. The molecule has 82 valence electrons. The summed E-state index contributed by atoms with van der Waals surface area (Å²) in [4.78, 5) is 11.0. The van der Waals surface area contributed by atoms with Gasteiger partial charge < -0.3 is 9.87 Å². The maximum absolute atomic E-state index is 11.5. The van der Waals surface area contributed by atoms with Crippen LogP contribution in [-0.2, 0) is 26.0 Å². The molecule has 1 aliphatic heterocycles. The van der Waals surface area contributed by atoms with E-state index in [4.69, 9.17) is 5.14 Å². The third-order valence-corrected chi connectivity index (χ3v) is 6.01. The van der Waals surface area contributed by atoms with E-state index in [0.717, 1.165) is 11.3 Å². The number of sulfonamides is 1. The first-order valence-electron chi connectivity index (χ1n) is 3.73. The number of hydrogen-bond donors (Lipinski definition) is 2. The van der Waals surface area contributed by atoms with Crippen molar-refractivity contribution in [2.45, 2.75) is 8.42 Å². The van der Waals surface area contributed by atoms with Crippen LogP contribution < -0.4 is 10.5 Å². The quantitative estimate of drug-likeness (QED) is 0.664. The molecule has 0 saturated carbocycles. The standard InChI is InChI=1S/C6H6N2O4S3/c7-15(11,12)5-1-3-6(13-5)14(10)2-4(9)8-3/h1H,2H2,(H,8,9)(H2,7,11,12). The lowest BCUT2D eigenvalue weighted by molar-refractivity contribution is -0.114. The van der Waals surface area contributed by atoms with Gasteiger partial charge in [-0.05, 0) is 6.07 Å². The highest BCUT2D eigenvalue weighted by Crippen LogP contribution is 2.36. The molecule has 1 aliphatic rings. The van der Waals surface area contributed by atoms with E-state index < -0.39 is 21.2 Å². The second-order valence-electron chi connectivity index (χ2n) is 2.85. The molecule has 0 bridgehead atoms. The largest absolute Gasteiger partial charge is 0.610 e. The van der Waals surface area contributed by atoms with Crippen LogP contribution >= 0.6 is 11.3 Å². The molecule has 2 heterocycles. The van der Waals surface area contributed by atoms with Gasteiger partial charge in [0.2, 0.25) is 14.2 Å². The Labute approximate surface area is 92.7 Å². The van der Waals surface area contributed by atoms with E-state index in [1.54, 1.807) is 0 Å². The van der Waals surface area contributed by atoms with E-state index in [1.807, 2.05) is 0 Å². The third kappa shape index (κ3) is 2.01. The molecule has 9 heteroatoms. The van der Waals surface area contributed by atoms with Gasteiger partial charge in [-0.15, -0.1) is 0 Å². The van der Waals surface area contributed by atoms with E-state index in [0.29, 0.717) is 4.21 Å². The molecule has 1 unspecified atom stereocenters. The van der Waals surface area contributed by atoms with Crippen LogP contribution in [0.4, 0.5) is 5.69 Å². The first-order chi connectivity index (χ1) is 6.88. The predicted molar refractivity (Wildman–Crippen MR) is 55.6 cm³/mol. The van der Waals surface area contributed by atoms with Crippen molar-refractivity contribution in [3.8, 4) is 0 Å². The van der Waals surface area contributed by atoms with Crippen molar-refractivity contribution in [1.29, 1.82) is 0 Å². The first kappa shape index (κ1) is 10.9. The van der Waals surface area contributed by atoms with Gasteiger partial charge in [0.15, 0.2) is 5.75 Å². The lowest BCUT2D eigenvalue weighted by atomic mass is 10.5. The molecule has 0 aliphatic carbocycles. The molecule has 0 spiro atoms. The average Bonchev–Trinajstić information content (AvgIpc) is 2.46. The number of carbonyl (C=O) groups is 1. The number of rotatable bonds is 1. The Morgan fingerprint density at radius 3 is 2.87 bits per heavy atom. The van der Waals surface area contributed by atoms with Gasteiger partial charge in [0, 0.05) is 11.2 Å². The van der Waals surface area contributed by atoms with Crippen LogP contribution in [0.5, 0.6) is 0 Å². The molecule has 1 aromatic heterocycles. The van der Waals surface area contributed by atoms with E-state index >= 15 is 0 Å². The summed E-state index contributed by atoms with van der Waals surface area (Å²) in [7, 11) is -3.81. The van der Waals surface area contributed by atoms with Crippen LogP contribution in [0.2, 0.25) is 0 Å². The second kappa shape index (κ2) is 3.46. The fourth-order valence-electron chi connectivity index (χ4n) is 1.12. The molecule has 1 atom stereocenters. The third-order valence-electron chi connectivity index (χ3n) is 1.70. The molecule has 1 aromatic rings. The Hall–Kier alpha value is -0.610. The minimum absolute atomic E-state index is 0.0944. The molecule has 0 aromatic carbocycles. The van der Waals surface area contributed by atoms with Gasteiger partial charge in [0.05, 0.1) is 0 Å². The number of fused-ring (bicyclic) bond motifs is 1. The number of nitrogens with one attached hydrogen (secondary N) is 1. The van der Waals surface area contributed by atoms with Crippen LogP contribution in [0.25, 0.3) is 0 Å². The summed E-state index contributed by atoms with van der Waals surface area (Å²) in [5, 5.41) is 7.36. The maximum atomic E-state index is 11.5. The summed E-state index contributed by atoms with van der Waals surface area (Å²) < 4.78 is 33.7. The number of hydrogen-bond acceptors (Lipinski definition) is 5. The summed E-state index contributed by atoms with van der Waals surface area (Å²) in [6.07, 6.45) is 0. The van der Waals surface area contributed by atoms with E-state index in [9.17, 15) is 17.8 Å². The van der Waals surface area contributed by atoms with Crippen LogP contribution in [0.1, 0.15) is 0 Å². The Morgan fingerprint density at radius 1 is 1.60 bits per heavy atom. The maximum Gasteiger partial charge on any atom is 0.274 e. The minimum atomic E-state index is -3.81. The highest BCUT2D eigenvalue weighted by Gasteiger charge is 2.32. The zero-order valence-corrected chi connectivity index (χ0v) is 9.67. The number of carbonyl (C=O) groups excluding carboxylic acids is 1. The number of thiophene rings is 1. The zero-order valence-electron chi connectivity index (χ0n) is 7.22. The van der Waals surface area contributed by atoms with Gasteiger partial charge in [0.25, 0.3) is 5.91 Å². The Morgan fingerprint density at radius 2 is 2.27 bits per heavy atom. The second-order valence-corrected chi connectivity index (χ2v) is 7.34. The Bertz CT molecular complexity index is 520. The summed E-state index contributed by atoms with van der Waals surface area (Å²) in [5.74, 6) is -0.531. The summed E-state index contributed by atoms with van der Waals surface area (Å²) in [6, 6.07) is 1.23. The summed E-state index contributed by atoms with van der Waals surface area (Å²) in [5.41, 5.74) is 0.276. The van der Waals surface area contributed by atoms with Crippen LogP contribution in [0, 0.1) is 0 Å². The van der Waals surface area contributed by atoms with E-state index in [-0.39, 0.29) is 21.6 Å². The van der Waals surface area contributed by atoms with E-state index in [2.05, 4.69) is 5.32 Å². The molecule has 6 nitrogen and oxygen atoms in total. The topological polar surface area (TPSA) is 112 Å². The molecular formula is C6H6N2O4S3. The van der Waals surface area contributed by atoms with Gasteiger partial charge >= 0.3 is 0 Å². The van der Waals surface area contributed by atoms with Crippen molar-refractivity contribution < 1.29 is 17.8 Å². The van der Waals surface area contributed by atoms with Gasteiger partial charge in [-0.3, -0.25) is 4.79 Å². The van der Waals surface area contributed by atoms with Crippen LogP contribution in [0.15, 0.2) is 14.5 Å². The fourth-order valence-corrected chi connectivity index (χ4v) is 4.47. The number of primary sulfonamides is 1. The average molecular weight is 266 g/mol. The van der Waals surface area contributed by atoms with Crippen molar-refractivity contribution in [3.63, 3.8) is 0 Å². The lowest BCUT2D eigenvalue weighted by Gasteiger charge is -2.14. The number of amides is 1. The van der Waals surface area contributed by atoms with Gasteiger partial charge in [0.1, 0.15) is 9.90 Å². The highest BCUT2D eigenvalue weighted by atomic mass is 32.3.